The van der Waals surface area contributed by atoms with Crippen molar-refractivity contribution in [2.75, 3.05) is 13.2 Å². The molecule has 0 saturated carbocycles. The average Bonchev–Trinajstić information content (AvgIpc) is 2.67. The number of aliphatic hydroxyl groups excluding tert-OH is 3. The lowest BCUT2D eigenvalue weighted by Gasteiger charge is -2.45. The zero-order chi connectivity index (χ0) is 20.6. The molecule has 3 N–H and O–H groups in total. The molecule has 27 heavy (non-hydrogen) atoms. The first-order valence-electron chi connectivity index (χ1n) is 9.85. The summed E-state index contributed by atoms with van der Waals surface area (Å²) in [5.74, 6) is -6.46. The molecule has 1 saturated heterocycles. The second-order valence-electron chi connectivity index (χ2n) is 7.49. The van der Waals surface area contributed by atoms with Crippen LogP contribution in [0.2, 0.25) is 0 Å². The topological polar surface area (TPSA) is 96.2 Å². The van der Waals surface area contributed by atoms with Crippen LogP contribution < -0.4 is 0 Å². The standard InChI is InChI=1S/C19H34F2O6/c1-4-5-6-7-8-9-10-26-18(25)19(21)17(20)13(3)12(2)16(27-19)15(24)14(23)11-22/h12-17,22-24H,4-11H2,1-3H3/t12?,13?,14-,15-,16?,17?,19?/m1/s1. The van der Waals surface area contributed by atoms with Gasteiger partial charge in [-0.1, -0.05) is 52.9 Å². The summed E-state index contributed by atoms with van der Waals surface area (Å²) in [7, 11) is 0. The third kappa shape index (κ3) is 6.07. The molecule has 160 valence electrons. The Hall–Kier alpha value is -0.830. The van der Waals surface area contributed by atoms with Crippen molar-refractivity contribution < 1.29 is 38.4 Å². The number of hydrogen-bond acceptors (Lipinski definition) is 6. The van der Waals surface area contributed by atoms with Crippen molar-refractivity contribution in [2.24, 2.45) is 11.8 Å². The van der Waals surface area contributed by atoms with Gasteiger partial charge in [0, 0.05) is 0 Å². The van der Waals surface area contributed by atoms with Crippen LogP contribution in [-0.2, 0) is 14.3 Å². The van der Waals surface area contributed by atoms with Crippen LogP contribution in [0.5, 0.6) is 0 Å². The molecule has 0 aromatic carbocycles. The zero-order valence-electron chi connectivity index (χ0n) is 16.4. The highest BCUT2D eigenvalue weighted by Crippen LogP contribution is 2.42. The zero-order valence-corrected chi connectivity index (χ0v) is 16.4. The van der Waals surface area contributed by atoms with E-state index in [-0.39, 0.29) is 6.61 Å². The number of esters is 1. The maximum Gasteiger partial charge on any atom is 0.375 e. The Morgan fingerprint density at radius 2 is 1.74 bits per heavy atom. The van der Waals surface area contributed by atoms with Crippen molar-refractivity contribution in [2.45, 2.75) is 89.6 Å². The molecule has 0 aromatic heterocycles. The van der Waals surface area contributed by atoms with Crippen molar-refractivity contribution in [3.05, 3.63) is 0 Å². The van der Waals surface area contributed by atoms with E-state index in [0.29, 0.717) is 6.42 Å². The van der Waals surface area contributed by atoms with Crippen LogP contribution in [0.15, 0.2) is 0 Å². The summed E-state index contributed by atoms with van der Waals surface area (Å²) in [4.78, 5) is 12.2. The smallest absolute Gasteiger partial charge is 0.375 e. The summed E-state index contributed by atoms with van der Waals surface area (Å²) in [5.41, 5.74) is 0. The molecule has 6 nitrogen and oxygen atoms in total. The summed E-state index contributed by atoms with van der Waals surface area (Å²) in [6.07, 6.45) is -1.21. The molecule has 0 aliphatic carbocycles. The maximum atomic E-state index is 15.1. The normalized spacial score (nSPS) is 33.5. The number of unbranched alkanes of at least 4 members (excludes halogenated alkanes) is 5. The van der Waals surface area contributed by atoms with Gasteiger partial charge in [-0.25, -0.2) is 9.18 Å². The minimum Gasteiger partial charge on any atom is -0.461 e. The van der Waals surface area contributed by atoms with Crippen molar-refractivity contribution in [3.63, 3.8) is 0 Å². The summed E-state index contributed by atoms with van der Waals surface area (Å²) >= 11 is 0. The number of aliphatic hydroxyl groups is 3. The Balaban J connectivity index is 2.68. The summed E-state index contributed by atoms with van der Waals surface area (Å²) in [5, 5.41) is 28.7. The summed E-state index contributed by atoms with van der Waals surface area (Å²) in [6.45, 7) is 4.21. The van der Waals surface area contributed by atoms with Gasteiger partial charge < -0.3 is 24.8 Å². The Morgan fingerprint density at radius 1 is 1.15 bits per heavy atom. The lowest BCUT2D eigenvalue weighted by atomic mass is 9.78. The maximum absolute atomic E-state index is 15.1. The molecule has 0 amide bonds. The van der Waals surface area contributed by atoms with Crippen LogP contribution in [0.3, 0.4) is 0 Å². The minimum absolute atomic E-state index is 0.0386. The molecule has 8 heteroatoms. The molecule has 0 aromatic rings. The number of hydrogen-bond donors (Lipinski definition) is 3. The van der Waals surface area contributed by atoms with E-state index in [1.807, 2.05) is 0 Å². The van der Waals surface area contributed by atoms with Gasteiger partial charge in [0.1, 0.15) is 12.2 Å². The molecule has 1 aliphatic heterocycles. The third-order valence-electron chi connectivity index (χ3n) is 5.40. The predicted molar refractivity (Wildman–Crippen MR) is 95.4 cm³/mol. The van der Waals surface area contributed by atoms with Crippen LogP contribution in [-0.4, -0.2) is 64.8 Å². The number of ether oxygens (including phenoxy) is 2. The van der Waals surface area contributed by atoms with Gasteiger partial charge in [0.05, 0.1) is 19.3 Å². The molecule has 5 unspecified atom stereocenters. The minimum atomic E-state index is -3.35. The number of carbonyl (C=O) groups is 1. The first kappa shape index (κ1) is 24.2. The van der Waals surface area contributed by atoms with Crippen molar-refractivity contribution in [3.8, 4) is 0 Å². The Labute approximate surface area is 159 Å². The second kappa shape index (κ2) is 11.2. The molecule has 1 heterocycles. The van der Waals surface area contributed by atoms with E-state index < -0.39 is 54.8 Å². The molecule has 0 spiro atoms. The van der Waals surface area contributed by atoms with Gasteiger partial charge in [0.15, 0.2) is 6.17 Å². The first-order chi connectivity index (χ1) is 12.7. The third-order valence-corrected chi connectivity index (χ3v) is 5.40. The molecule has 1 fully saturated rings. The highest BCUT2D eigenvalue weighted by atomic mass is 19.2. The Kier molecular flexibility index (Phi) is 10.1. The molecule has 1 rings (SSSR count). The number of rotatable bonds is 11. The van der Waals surface area contributed by atoms with E-state index in [4.69, 9.17) is 14.6 Å². The Morgan fingerprint density at radius 3 is 2.33 bits per heavy atom. The van der Waals surface area contributed by atoms with Crippen LogP contribution in [0.25, 0.3) is 0 Å². The van der Waals surface area contributed by atoms with E-state index in [1.54, 1.807) is 0 Å². The largest absolute Gasteiger partial charge is 0.461 e. The second-order valence-corrected chi connectivity index (χ2v) is 7.49. The van der Waals surface area contributed by atoms with Gasteiger partial charge in [-0.2, -0.15) is 4.39 Å². The quantitative estimate of drug-likeness (QED) is 0.366. The van der Waals surface area contributed by atoms with Crippen molar-refractivity contribution in [1.29, 1.82) is 0 Å². The summed E-state index contributed by atoms with van der Waals surface area (Å²) in [6, 6.07) is 0. The monoisotopic (exact) mass is 396 g/mol. The highest BCUT2D eigenvalue weighted by Gasteiger charge is 2.60. The molecule has 0 bridgehead atoms. The van der Waals surface area contributed by atoms with Gasteiger partial charge in [-0.15, -0.1) is 0 Å². The summed E-state index contributed by atoms with van der Waals surface area (Å²) < 4.78 is 39.6. The van der Waals surface area contributed by atoms with Gasteiger partial charge >= 0.3 is 11.8 Å². The molecule has 0 radical (unpaired) electrons. The number of halogens is 2. The fourth-order valence-corrected chi connectivity index (χ4v) is 3.29. The van der Waals surface area contributed by atoms with E-state index in [9.17, 15) is 19.4 Å². The fraction of sp³-hybridized carbons (Fsp3) is 0.947. The first-order valence-corrected chi connectivity index (χ1v) is 9.85. The fourth-order valence-electron chi connectivity index (χ4n) is 3.29. The van der Waals surface area contributed by atoms with Gasteiger partial charge in [0.25, 0.3) is 0 Å². The number of carbonyl (C=O) groups excluding carboxylic acids is 1. The van der Waals surface area contributed by atoms with Gasteiger partial charge in [-0.3, -0.25) is 0 Å². The Bertz CT molecular complexity index is 448. The van der Waals surface area contributed by atoms with Crippen LogP contribution in [0, 0.1) is 11.8 Å². The lowest BCUT2D eigenvalue weighted by molar-refractivity contribution is -0.293. The molecular formula is C19H34F2O6. The van der Waals surface area contributed by atoms with Gasteiger partial charge in [0.2, 0.25) is 0 Å². The van der Waals surface area contributed by atoms with E-state index >= 15 is 4.39 Å². The predicted octanol–water partition coefficient (Wildman–Crippen LogP) is 2.28. The molecule has 1 aliphatic rings. The number of alkyl halides is 2. The van der Waals surface area contributed by atoms with Crippen molar-refractivity contribution in [1.82, 2.24) is 0 Å². The van der Waals surface area contributed by atoms with Crippen LogP contribution in [0.4, 0.5) is 8.78 Å². The highest BCUT2D eigenvalue weighted by molar-refractivity contribution is 5.78. The van der Waals surface area contributed by atoms with E-state index in [2.05, 4.69) is 6.92 Å². The molecule has 7 atom stereocenters. The average molecular weight is 396 g/mol. The SMILES string of the molecule is CCCCCCCCOC(=O)C1(F)OC([C@H](O)[C@H](O)CO)C(C)C(C)C1F. The van der Waals surface area contributed by atoms with Crippen LogP contribution >= 0.6 is 0 Å². The van der Waals surface area contributed by atoms with E-state index in [0.717, 1.165) is 32.1 Å². The van der Waals surface area contributed by atoms with E-state index in [1.165, 1.54) is 13.8 Å². The molecular weight excluding hydrogens is 362 g/mol. The lowest BCUT2D eigenvalue weighted by Crippen LogP contribution is -2.62. The van der Waals surface area contributed by atoms with Gasteiger partial charge in [-0.05, 0) is 18.3 Å². The van der Waals surface area contributed by atoms with Crippen molar-refractivity contribution >= 4 is 5.97 Å². The van der Waals surface area contributed by atoms with Crippen LogP contribution in [0.1, 0.15) is 59.3 Å².